The number of nitrogens with zero attached hydrogens (tertiary/aromatic N) is 1. The Kier molecular flexibility index (Phi) is 4.16. The highest BCUT2D eigenvalue weighted by Crippen LogP contribution is 2.29. The summed E-state index contributed by atoms with van der Waals surface area (Å²) >= 11 is 1.98. The molecule has 6 heteroatoms. The quantitative estimate of drug-likeness (QED) is 0.776. The number of hydrogen-bond donors (Lipinski definition) is 3. The van der Waals surface area contributed by atoms with Gasteiger partial charge in [-0.1, -0.05) is 6.92 Å². The van der Waals surface area contributed by atoms with Crippen molar-refractivity contribution >= 4 is 23.4 Å². The molecule has 2 rings (SSSR count). The zero-order valence-corrected chi connectivity index (χ0v) is 11.6. The van der Waals surface area contributed by atoms with Gasteiger partial charge in [-0.05, 0) is 31.9 Å². The number of rotatable bonds is 4. The first-order valence-corrected chi connectivity index (χ1v) is 7.39. The van der Waals surface area contributed by atoms with Crippen LogP contribution in [-0.2, 0) is 0 Å². The fourth-order valence-electron chi connectivity index (χ4n) is 2.32. The van der Waals surface area contributed by atoms with Crippen LogP contribution in [0.15, 0.2) is 0 Å². The third-order valence-electron chi connectivity index (χ3n) is 3.33. The topological polar surface area (TPSA) is 83.8 Å². The Balaban J connectivity index is 1.91. The van der Waals surface area contributed by atoms with E-state index in [1.54, 1.807) is 0 Å². The predicted molar refractivity (Wildman–Crippen MR) is 74.8 cm³/mol. The van der Waals surface area contributed by atoms with Gasteiger partial charge in [0.05, 0.1) is 11.4 Å². The van der Waals surface area contributed by atoms with E-state index in [4.69, 9.17) is 5.73 Å². The van der Waals surface area contributed by atoms with Gasteiger partial charge in [-0.15, -0.1) is 0 Å². The Morgan fingerprint density at radius 1 is 1.61 bits per heavy atom. The molecule has 0 saturated heterocycles. The highest BCUT2D eigenvalue weighted by Gasteiger charge is 2.27. The number of H-pyrrole nitrogens is 1. The molecule has 0 spiro atoms. The highest BCUT2D eigenvalue weighted by molar-refractivity contribution is 7.99. The van der Waals surface area contributed by atoms with Crippen molar-refractivity contribution in [3.05, 3.63) is 11.4 Å². The van der Waals surface area contributed by atoms with Crippen molar-refractivity contribution in [2.45, 2.75) is 44.4 Å². The average molecular weight is 268 g/mol. The molecule has 1 aliphatic rings. The van der Waals surface area contributed by atoms with Gasteiger partial charge < -0.3 is 11.1 Å². The van der Waals surface area contributed by atoms with Crippen LogP contribution in [0, 0.1) is 6.92 Å². The summed E-state index contributed by atoms with van der Waals surface area (Å²) in [6.07, 6.45) is 3.28. The van der Waals surface area contributed by atoms with Crippen LogP contribution in [0.5, 0.6) is 0 Å². The lowest BCUT2D eigenvalue weighted by Crippen LogP contribution is -2.33. The number of nitrogens with two attached hydrogens (primary N) is 1. The van der Waals surface area contributed by atoms with E-state index in [1.807, 2.05) is 18.7 Å². The average Bonchev–Trinajstić information content (AvgIpc) is 2.89. The van der Waals surface area contributed by atoms with Gasteiger partial charge in [0, 0.05) is 11.3 Å². The van der Waals surface area contributed by atoms with Crippen molar-refractivity contribution in [2.75, 3.05) is 11.5 Å². The Bertz CT molecular complexity index is 432. The van der Waals surface area contributed by atoms with Crippen LogP contribution in [-0.4, -0.2) is 33.1 Å². The Morgan fingerprint density at radius 3 is 3.00 bits per heavy atom. The maximum atomic E-state index is 12.0. The molecule has 0 aliphatic heterocycles. The van der Waals surface area contributed by atoms with Gasteiger partial charge in [-0.3, -0.25) is 9.89 Å². The summed E-state index contributed by atoms with van der Waals surface area (Å²) in [5.41, 5.74) is 7.30. The van der Waals surface area contributed by atoms with E-state index in [-0.39, 0.29) is 11.9 Å². The molecule has 1 amide bonds. The Morgan fingerprint density at radius 2 is 2.39 bits per heavy atom. The molecular weight excluding hydrogens is 248 g/mol. The highest BCUT2D eigenvalue weighted by atomic mass is 32.2. The number of anilines is 1. The van der Waals surface area contributed by atoms with E-state index in [0.717, 1.165) is 24.3 Å². The number of amides is 1. The molecular formula is C12H20N4OS. The summed E-state index contributed by atoms with van der Waals surface area (Å²) in [5, 5.41) is 10.4. The smallest absolute Gasteiger partial charge is 0.274 e. The van der Waals surface area contributed by atoms with Crippen LogP contribution in [0.1, 0.15) is 42.4 Å². The van der Waals surface area contributed by atoms with Crippen molar-refractivity contribution in [3.8, 4) is 0 Å². The van der Waals surface area contributed by atoms with Crippen LogP contribution < -0.4 is 11.1 Å². The number of thioether (sulfide) groups is 1. The molecule has 4 N–H and O–H groups in total. The lowest BCUT2D eigenvalue weighted by Gasteiger charge is -2.12. The number of hydrogen-bond acceptors (Lipinski definition) is 4. The zero-order chi connectivity index (χ0) is 13.1. The van der Waals surface area contributed by atoms with Crippen molar-refractivity contribution in [1.29, 1.82) is 0 Å². The van der Waals surface area contributed by atoms with Crippen LogP contribution in [0.3, 0.4) is 0 Å². The third kappa shape index (κ3) is 2.80. The summed E-state index contributed by atoms with van der Waals surface area (Å²) in [6, 6.07) is 0.262. The predicted octanol–water partition coefficient (Wildman–Crippen LogP) is 1.70. The molecule has 2 unspecified atom stereocenters. The molecule has 2 atom stereocenters. The van der Waals surface area contributed by atoms with E-state index in [9.17, 15) is 4.79 Å². The second kappa shape index (κ2) is 5.65. The molecule has 1 heterocycles. The molecule has 0 bridgehead atoms. The Hall–Kier alpha value is -1.17. The van der Waals surface area contributed by atoms with Crippen LogP contribution in [0.25, 0.3) is 0 Å². The van der Waals surface area contributed by atoms with Gasteiger partial charge in [0.25, 0.3) is 5.91 Å². The van der Waals surface area contributed by atoms with Crippen molar-refractivity contribution < 1.29 is 4.79 Å². The SMILES string of the molecule is CCSC1CCC(NC(=O)c2n[nH]c(C)c2N)C1. The molecule has 1 fully saturated rings. The summed E-state index contributed by atoms with van der Waals surface area (Å²) in [7, 11) is 0. The van der Waals surface area contributed by atoms with Crippen molar-refractivity contribution in [2.24, 2.45) is 0 Å². The lowest BCUT2D eigenvalue weighted by atomic mass is 10.2. The number of carbonyl (C=O) groups excluding carboxylic acids is 1. The zero-order valence-electron chi connectivity index (χ0n) is 10.8. The van der Waals surface area contributed by atoms with E-state index in [1.165, 1.54) is 6.42 Å². The van der Waals surface area contributed by atoms with Gasteiger partial charge >= 0.3 is 0 Å². The number of aromatic nitrogens is 2. The second-order valence-electron chi connectivity index (χ2n) is 4.67. The fourth-order valence-corrected chi connectivity index (χ4v) is 3.47. The maximum Gasteiger partial charge on any atom is 0.274 e. The van der Waals surface area contributed by atoms with Crippen molar-refractivity contribution in [3.63, 3.8) is 0 Å². The molecule has 1 saturated carbocycles. The molecule has 0 radical (unpaired) electrons. The minimum atomic E-state index is -0.163. The van der Waals surface area contributed by atoms with E-state index >= 15 is 0 Å². The van der Waals surface area contributed by atoms with Crippen molar-refractivity contribution in [1.82, 2.24) is 15.5 Å². The first-order chi connectivity index (χ1) is 8.61. The molecule has 18 heavy (non-hydrogen) atoms. The molecule has 100 valence electrons. The first-order valence-electron chi connectivity index (χ1n) is 6.34. The normalized spacial score (nSPS) is 23.2. The molecule has 1 aromatic rings. The van der Waals surface area contributed by atoms with Gasteiger partial charge in [-0.25, -0.2) is 0 Å². The number of nitrogen functional groups attached to an aromatic ring is 1. The standard InChI is InChI=1S/C12H20N4OS/c1-3-18-9-5-4-8(6-9)14-12(17)11-10(13)7(2)15-16-11/h8-9H,3-6,13H2,1-2H3,(H,14,17)(H,15,16). The van der Waals surface area contributed by atoms with Gasteiger partial charge in [0.2, 0.25) is 0 Å². The Labute approximate surface area is 111 Å². The lowest BCUT2D eigenvalue weighted by molar-refractivity contribution is 0.0934. The molecule has 0 aromatic carbocycles. The molecule has 5 nitrogen and oxygen atoms in total. The maximum absolute atomic E-state index is 12.0. The minimum absolute atomic E-state index is 0.163. The number of aryl methyl sites for hydroxylation is 1. The van der Waals surface area contributed by atoms with Gasteiger partial charge in [-0.2, -0.15) is 16.9 Å². The number of aromatic amines is 1. The van der Waals surface area contributed by atoms with E-state index < -0.39 is 0 Å². The number of nitrogens with one attached hydrogen (secondary N) is 2. The van der Waals surface area contributed by atoms with Crippen LogP contribution >= 0.6 is 11.8 Å². The minimum Gasteiger partial charge on any atom is -0.395 e. The first kappa shape index (κ1) is 13.3. The van der Waals surface area contributed by atoms with E-state index in [2.05, 4.69) is 22.4 Å². The van der Waals surface area contributed by atoms with Gasteiger partial charge in [0.15, 0.2) is 5.69 Å². The van der Waals surface area contributed by atoms with E-state index in [0.29, 0.717) is 16.6 Å². The third-order valence-corrected chi connectivity index (χ3v) is 4.56. The molecule has 1 aromatic heterocycles. The van der Waals surface area contributed by atoms with Crippen LogP contribution in [0.4, 0.5) is 5.69 Å². The summed E-state index contributed by atoms with van der Waals surface area (Å²) in [6.45, 7) is 3.98. The largest absolute Gasteiger partial charge is 0.395 e. The van der Waals surface area contributed by atoms with Gasteiger partial charge in [0.1, 0.15) is 0 Å². The summed E-state index contributed by atoms with van der Waals surface area (Å²) in [5.74, 6) is 0.973. The monoisotopic (exact) mass is 268 g/mol. The number of carbonyl (C=O) groups is 1. The fraction of sp³-hybridized carbons (Fsp3) is 0.667. The summed E-state index contributed by atoms with van der Waals surface area (Å²) in [4.78, 5) is 12.0. The summed E-state index contributed by atoms with van der Waals surface area (Å²) < 4.78 is 0. The van der Waals surface area contributed by atoms with Crippen LogP contribution in [0.2, 0.25) is 0 Å². The second-order valence-corrected chi connectivity index (χ2v) is 6.25. The molecule has 1 aliphatic carbocycles.